The standard InChI is InChI=1S/C13H10F6O3/c1-11(2)21-8-5-3-4-7(10(8)22-11)20-9(13(17,18)19)6-12(14,15)16/h3-6H,1-2H3. The van der Waals surface area contributed by atoms with Gasteiger partial charge in [0.1, 0.15) is 0 Å². The lowest BCUT2D eigenvalue weighted by Crippen LogP contribution is -2.29. The van der Waals surface area contributed by atoms with Gasteiger partial charge < -0.3 is 14.2 Å². The van der Waals surface area contributed by atoms with Crippen LogP contribution in [0.1, 0.15) is 13.8 Å². The molecule has 0 radical (unpaired) electrons. The molecule has 1 aliphatic heterocycles. The lowest BCUT2D eigenvalue weighted by molar-refractivity contribution is -0.128. The van der Waals surface area contributed by atoms with Gasteiger partial charge in [0.15, 0.2) is 11.5 Å². The van der Waals surface area contributed by atoms with Crippen LogP contribution in [-0.4, -0.2) is 18.1 Å². The van der Waals surface area contributed by atoms with E-state index in [1.807, 2.05) is 0 Å². The first-order chi connectivity index (χ1) is 9.87. The predicted molar refractivity (Wildman–Crippen MR) is 62.6 cm³/mol. The molecule has 1 aliphatic rings. The van der Waals surface area contributed by atoms with Crippen molar-refractivity contribution in [2.45, 2.75) is 32.0 Å². The third-order valence-corrected chi connectivity index (χ3v) is 2.44. The van der Waals surface area contributed by atoms with E-state index >= 15 is 0 Å². The van der Waals surface area contributed by atoms with E-state index in [-0.39, 0.29) is 11.5 Å². The number of halogens is 6. The molecule has 0 unspecified atom stereocenters. The normalized spacial score (nSPS) is 17.5. The average molecular weight is 328 g/mol. The molecule has 0 fully saturated rings. The van der Waals surface area contributed by atoms with Gasteiger partial charge in [-0.15, -0.1) is 0 Å². The van der Waals surface area contributed by atoms with Gasteiger partial charge in [0.2, 0.25) is 17.3 Å². The highest BCUT2D eigenvalue weighted by atomic mass is 19.4. The highest BCUT2D eigenvalue weighted by molar-refractivity contribution is 5.54. The fraction of sp³-hybridized carbons (Fsp3) is 0.385. The number of allylic oxidation sites excluding steroid dienone is 2. The molecule has 0 aliphatic carbocycles. The molecule has 1 aromatic rings. The zero-order valence-corrected chi connectivity index (χ0v) is 11.3. The largest absolute Gasteiger partial charge is 0.449 e. The molecular weight excluding hydrogens is 318 g/mol. The van der Waals surface area contributed by atoms with E-state index in [9.17, 15) is 26.3 Å². The monoisotopic (exact) mass is 328 g/mol. The second-order valence-electron chi connectivity index (χ2n) is 4.84. The summed E-state index contributed by atoms with van der Waals surface area (Å²) in [4.78, 5) is 0. The van der Waals surface area contributed by atoms with Gasteiger partial charge in [0.25, 0.3) is 0 Å². The molecule has 0 saturated carbocycles. The molecule has 2 rings (SSSR count). The summed E-state index contributed by atoms with van der Waals surface area (Å²) < 4.78 is 89.6. The first-order valence-electron chi connectivity index (χ1n) is 5.93. The maximum Gasteiger partial charge on any atom is 0.449 e. The summed E-state index contributed by atoms with van der Waals surface area (Å²) in [5, 5.41) is 0. The van der Waals surface area contributed by atoms with Crippen LogP contribution in [0.3, 0.4) is 0 Å². The number of benzene rings is 1. The van der Waals surface area contributed by atoms with Crippen LogP contribution in [0, 0.1) is 0 Å². The van der Waals surface area contributed by atoms with E-state index < -0.39 is 35.7 Å². The Labute approximate surface area is 121 Å². The van der Waals surface area contributed by atoms with E-state index in [0.717, 1.165) is 6.07 Å². The molecule has 1 heterocycles. The summed E-state index contributed by atoms with van der Waals surface area (Å²) in [6.45, 7) is 2.99. The van der Waals surface area contributed by atoms with E-state index in [1.54, 1.807) is 0 Å². The van der Waals surface area contributed by atoms with Crippen LogP contribution in [0.15, 0.2) is 30.0 Å². The number of fused-ring (bicyclic) bond motifs is 1. The number of hydrogen-bond acceptors (Lipinski definition) is 3. The molecule has 1 aromatic carbocycles. The maximum absolute atomic E-state index is 12.7. The van der Waals surface area contributed by atoms with Crippen LogP contribution >= 0.6 is 0 Å². The van der Waals surface area contributed by atoms with E-state index in [0.29, 0.717) is 0 Å². The molecule has 0 amide bonds. The van der Waals surface area contributed by atoms with Crippen molar-refractivity contribution in [3.8, 4) is 17.2 Å². The van der Waals surface area contributed by atoms with Crippen LogP contribution in [0.2, 0.25) is 0 Å². The fourth-order valence-electron chi connectivity index (χ4n) is 1.72. The van der Waals surface area contributed by atoms with Gasteiger partial charge in [-0.2, -0.15) is 26.3 Å². The van der Waals surface area contributed by atoms with Crippen molar-refractivity contribution in [1.82, 2.24) is 0 Å². The first-order valence-corrected chi connectivity index (χ1v) is 5.93. The Kier molecular flexibility index (Phi) is 3.70. The molecule has 22 heavy (non-hydrogen) atoms. The Hall–Kier alpha value is -2.06. The molecule has 0 bridgehead atoms. The molecule has 0 N–H and O–H groups in total. The summed E-state index contributed by atoms with van der Waals surface area (Å²) in [5.74, 6) is -3.98. The highest BCUT2D eigenvalue weighted by Gasteiger charge is 2.42. The van der Waals surface area contributed by atoms with Gasteiger partial charge in [0, 0.05) is 13.8 Å². The minimum absolute atomic E-state index is 0.0797. The molecule has 3 nitrogen and oxygen atoms in total. The third-order valence-electron chi connectivity index (χ3n) is 2.44. The Morgan fingerprint density at radius 3 is 2.27 bits per heavy atom. The fourth-order valence-corrected chi connectivity index (χ4v) is 1.72. The quantitative estimate of drug-likeness (QED) is 0.587. The summed E-state index contributed by atoms with van der Waals surface area (Å²) in [6.07, 6.45) is -11.4. The van der Waals surface area contributed by atoms with E-state index in [2.05, 4.69) is 4.74 Å². The summed E-state index contributed by atoms with van der Waals surface area (Å²) >= 11 is 0. The molecule has 0 spiro atoms. The van der Waals surface area contributed by atoms with Crippen LogP contribution in [0.4, 0.5) is 26.3 Å². The van der Waals surface area contributed by atoms with Crippen molar-refractivity contribution in [3.05, 3.63) is 30.0 Å². The van der Waals surface area contributed by atoms with Crippen molar-refractivity contribution in [3.63, 3.8) is 0 Å². The molecule has 122 valence electrons. The second-order valence-corrected chi connectivity index (χ2v) is 4.84. The van der Waals surface area contributed by atoms with Crippen LogP contribution in [-0.2, 0) is 0 Å². The van der Waals surface area contributed by atoms with Crippen molar-refractivity contribution in [2.24, 2.45) is 0 Å². The summed E-state index contributed by atoms with van der Waals surface area (Å²) in [6, 6.07) is 3.73. The minimum Gasteiger partial charge on any atom is -0.449 e. The van der Waals surface area contributed by atoms with Gasteiger partial charge in [-0.05, 0) is 12.1 Å². The van der Waals surface area contributed by atoms with Gasteiger partial charge in [0.05, 0.1) is 6.08 Å². The number of hydrogen-bond donors (Lipinski definition) is 0. The number of alkyl halides is 6. The highest BCUT2D eigenvalue weighted by Crippen LogP contribution is 2.47. The van der Waals surface area contributed by atoms with Gasteiger partial charge in [-0.25, -0.2) is 0 Å². The van der Waals surface area contributed by atoms with Crippen molar-refractivity contribution >= 4 is 0 Å². The van der Waals surface area contributed by atoms with Crippen LogP contribution < -0.4 is 14.2 Å². The molecular formula is C13H10F6O3. The molecule has 0 aromatic heterocycles. The summed E-state index contributed by atoms with van der Waals surface area (Å²) in [7, 11) is 0. The maximum atomic E-state index is 12.7. The lowest BCUT2D eigenvalue weighted by Gasteiger charge is -2.17. The first kappa shape index (κ1) is 16.3. The van der Waals surface area contributed by atoms with E-state index in [1.165, 1.54) is 26.0 Å². The zero-order chi connectivity index (χ0) is 16.8. The number of rotatable bonds is 2. The van der Waals surface area contributed by atoms with Gasteiger partial charge in [-0.3, -0.25) is 0 Å². The topological polar surface area (TPSA) is 27.7 Å². The lowest BCUT2D eigenvalue weighted by atomic mass is 10.3. The Morgan fingerprint density at radius 1 is 1.09 bits per heavy atom. The Morgan fingerprint density at radius 2 is 1.73 bits per heavy atom. The average Bonchev–Trinajstić information content (AvgIpc) is 2.60. The van der Waals surface area contributed by atoms with E-state index in [4.69, 9.17) is 9.47 Å². The Balaban J connectivity index is 2.38. The van der Waals surface area contributed by atoms with Crippen molar-refractivity contribution in [2.75, 3.05) is 0 Å². The number of para-hydroxylation sites is 1. The smallest absolute Gasteiger partial charge is 0.449 e. The Bertz CT molecular complexity index is 601. The summed E-state index contributed by atoms with van der Waals surface area (Å²) in [5.41, 5.74) is 0. The van der Waals surface area contributed by atoms with Crippen LogP contribution in [0.25, 0.3) is 0 Å². The number of ether oxygens (including phenoxy) is 3. The molecule has 0 atom stereocenters. The zero-order valence-electron chi connectivity index (χ0n) is 11.3. The predicted octanol–water partition coefficient (Wildman–Crippen LogP) is 4.58. The SMILES string of the molecule is CC1(C)Oc2cccc(OC(=CC(F)(F)F)C(F)(F)F)c2O1. The molecule has 9 heteroatoms. The van der Waals surface area contributed by atoms with Crippen molar-refractivity contribution < 1.29 is 40.6 Å². The van der Waals surface area contributed by atoms with Crippen molar-refractivity contribution in [1.29, 1.82) is 0 Å². The molecule has 0 saturated heterocycles. The van der Waals surface area contributed by atoms with Gasteiger partial charge >= 0.3 is 12.4 Å². The minimum atomic E-state index is -5.31. The third kappa shape index (κ3) is 3.77. The second kappa shape index (κ2) is 4.99. The van der Waals surface area contributed by atoms with Crippen LogP contribution in [0.5, 0.6) is 17.2 Å². The van der Waals surface area contributed by atoms with Gasteiger partial charge in [-0.1, -0.05) is 6.07 Å².